The van der Waals surface area contributed by atoms with E-state index in [-0.39, 0.29) is 5.75 Å². The Bertz CT molecular complexity index is 333. The number of nitrogens with one attached hydrogen (secondary N) is 1. The zero-order chi connectivity index (χ0) is 13.9. The van der Waals surface area contributed by atoms with Crippen LogP contribution in [0.1, 0.15) is 24.8 Å². The summed E-state index contributed by atoms with van der Waals surface area (Å²) in [5.41, 5.74) is 1.07. The number of rotatable bonds is 10. The largest absolute Gasteiger partial charge is 0.435 e. The molecule has 0 spiro atoms. The van der Waals surface area contributed by atoms with Crippen LogP contribution < -0.4 is 10.1 Å². The molecule has 0 fully saturated rings. The Morgan fingerprint density at radius 3 is 2.53 bits per heavy atom. The molecular formula is C14H21F2NOS. The van der Waals surface area contributed by atoms with Crippen molar-refractivity contribution >= 4 is 11.8 Å². The Kier molecular flexibility index (Phi) is 8.58. The minimum absolute atomic E-state index is 0.204. The third-order valence-corrected chi connectivity index (χ3v) is 3.38. The molecule has 0 saturated heterocycles. The van der Waals surface area contributed by atoms with Crippen LogP contribution in [0.4, 0.5) is 8.78 Å². The van der Waals surface area contributed by atoms with E-state index in [4.69, 9.17) is 0 Å². The van der Waals surface area contributed by atoms with Crippen LogP contribution >= 0.6 is 11.8 Å². The molecule has 1 N–H and O–H groups in total. The molecule has 0 aliphatic carbocycles. The first kappa shape index (κ1) is 16.2. The molecule has 5 heteroatoms. The van der Waals surface area contributed by atoms with Crippen molar-refractivity contribution in [1.82, 2.24) is 5.32 Å². The van der Waals surface area contributed by atoms with Crippen LogP contribution in [-0.2, 0) is 6.54 Å². The van der Waals surface area contributed by atoms with Crippen LogP contribution in [0, 0.1) is 0 Å². The SMILES string of the molecule is CSCCCCCNCc1ccc(OC(F)F)cc1. The predicted octanol–water partition coefficient (Wildman–Crippen LogP) is 3.91. The normalized spacial score (nSPS) is 10.9. The number of halogens is 2. The van der Waals surface area contributed by atoms with Gasteiger partial charge in [-0.3, -0.25) is 0 Å². The average Bonchev–Trinajstić information content (AvgIpc) is 2.39. The van der Waals surface area contributed by atoms with Gasteiger partial charge in [-0.15, -0.1) is 0 Å². The number of hydrogen-bond donors (Lipinski definition) is 1. The van der Waals surface area contributed by atoms with E-state index in [0.29, 0.717) is 0 Å². The van der Waals surface area contributed by atoms with E-state index >= 15 is 0 Å². The minimum atomic E-state index is -2.76. The minimum Gasteiger partial charge on any atom is -0.435 e. The van der Waals surface area contributed by atoms with Gasteiger partial charge in [-0.05, 0) is 49.1 Å². The van der Waals surface area contributed by atoms with E-state index < -0.39 is 6.61 Å². The van der Waals surface area contributed by atoms with Gasteiger partial charge in [0.15, 0.2) is 0 Å². The Labute approximate surface area is 117 Å². The van der Waals surface area contributed by atoms with E-state index in [0.717, 1.165) is 18.7 Å². The molecule has 0 aromatic heterocycles. The maximum absolute atomic E-state index is 12.0. The lowest BCUT2D eigenvalue weighted by Crippen LogP contribution is -2.14. The Morgan fingerprint density at radius 2 is 1.89 bits per heavy atom. The Balaban J connectivity index is 2.12. The number of hydrogen-bond acceptors (Lipinski definition) is 3. The van der Waals surface area contributed by atoms with Crippen molar-refractivity contribution in [1.29, 1.82) is 0 Å². The summed E-state index contributed by atoms with van der Waals surface area (Å²) < 4.78 is 28.2. The van der Waals surface area contributed by atoms with Gasteiger partial charge in [-0.1, -0.05) is 18.6 Å². The highest BCUT2D eigenvalue weighted by Gasteiger charge is 2.03. The summed E-state index contributed by atoms with van der Waals surface area (Å²) in [7, 11) is 0. The fraction of sp³-hybridized carbons (Fsp3) is 0.571. The summed E-state index contributed by atoms with van der Waals surface area (Å²) in [4.78, 5) is 0. The molecule has 1 rings (SSSR count). The zero-order valence-corrected chi connectivity index (χ0v) is 12.0. The molecule has 0 amide bonds. The lowest BCUT2D eigenvalue weighted by Gasteiger charge is -2.07. The number of alkyl halides is 2. The van der Waals surface area contributed by atoms with Crippen LogP contribution in [0.25, 0.3) is 0 Å². The molecule has 0 bridgehead atoms. The van der Waals surface area contributed by atoms with E-state index in [1.165, 1.54) is 25.0 Å². The molecule has 19 heavy (non-hydrogen) atoms. The first-order valence-corrected chi connectivity index (χ1v) is 7.85. The van der Waals surface area contributed by atoms with E-state index in [2.05, 4.69) is 16.3 Å². The second kappa shape index (κ2) is 10.0. The summed E-state index contributed by atoms with van der Waals surface area (Å²) >= 11 is 1.88. The summed E-state index contributed by atoms with van der Waals surface area (Å²) in [6, 6.07) is 6.75. The molecule has 0 aliphatic rings. The third kappa shape index (κ3) is 8.06. The maximum atomic E-state index is 12.0. The van der Waals surface area contributed by atoms with Crippen molar-refractivity contribution in [3.05, 3.63) is 29.8 Å². The number of thioether (sulfide) groups is 1. The fourth-order valence-electron chi connectivity index (χ4n) is 1.69. The van der Waals surface area contributed by atoms with Crippen molar-refractivity contribution < 1.29 is 13.5 Å². The van der Waals surface area contributed by atoms with Gasteiger partial charge >= 0.3 is 6.61 Å². The van der Waals surface area contributed by atoms with Crippen LogP contribution in [0.15, 0.2) is 24.3 Å². The molecule has 1 aromatic rings. The molecule has 0 saturated carbocycles. The first-order valence-electron chi connectivity index (χ1n) is 6.46. The molecule has 0 heterocycles. The van der Waals surface area contributed by atoms with E-state index in [1.807, 2.05) is 11.8 Å². The van der Waals surface area contributed by atoms with Crippen LogP contribution in [0.2, 0.25) is 0 Å². The van der Waals surface area contributed by atoms with E-state index in [9.17, 15) is 8.78 Å². The lowest BCUT2D eigenvalue weighted by atomic mass is 10.2. The van der Waals surface area contributed by atoms with Crippen LogP contribution in [-0.4, -0.2) is 25.2 Å². The highest BCUT2D eigenvalue weighted by atomic mass is 32.2. The highest BCUT2D eigenvalue weighted by molar-refractivity contribution is 7.98. The quantitative estimate of drug-likeness (QED) is 0.660. The topological polar surface area (TPSA) is 21.3 Å². The van der Waals surface area contributed by atoms with Crippen molar-refractivity contribution in [2.24, 2.45) is 0 Å². The Hall–Kier alpha value is -0.810. The maximum Gasteiger partial charge on any atom is 0.387 e. The summed E-state index contributed by atoms with van der Waals surface area (Å²) in [5.74, 6) is 1.43. The van der Waals surface area contributed by atoms with Gasteiger partial charge < -0.3 is 10.1 Å². The lowest BCUT2D eigenvalue weighted by molar-refractivity contribution is -0.0498. The third-order valence-electron chi connectivity index (χ3n) is 2.68. The molecule has 0 radical (unpaired) electrons. The second-order valence-electron chi connectivity index (χ2n) is 4.25. The molecule has 0 unspecified atom stereocenters. The van der Waals surface area contributed by atoms with Gasteiger partial charge in [-0.2, -0.15) is 20.5 Å². The summed E-state index contributed by atoms with van der Waals surface area (Å²) in [5, 5.41) is 3.34. The smallest absolute Gasteiger partial charge is 0.387 e. The van der Waals surface area contributed by atoms with Gasteiger partial charge in [0, 0.05) is 6.54 Å². The molecule has 108 valence electrons. The molecule has 2 nitrogen and oxygen atoms in total. The predicted molar refractivity (Wildman–Crippen MR) is 77.0 cm³/mol. The van der Waals surface area contributed by atoms with Gasteiger partial charge in [0.2, 0.25) is 0 Å². The Morgan fingerprint density at radius 1 is 1.16 bits per heavy atom. The van der Waals surface area contributed by atoms with Crippen molar-refractivity contribution in [2.45, 2.75) is 32.4 Å². The fourth-order valence-corrected chi connectivity index (χ4v) is 2.19. The monoisotopic (exact) mass is 289 g/mol. The number of ether oxygens (including phenoxy) is 1. The van der Waals surface area contributed by atoms with Gasteiger partial charge in [-0.25, -0.2) is 0 Å². The molecular weight excluding hydrogens is 268 g/mol. The molecule has 0 atom stereocenters. The van der Waals surface area contributed by atoms with E-state index in [1.54, 1.807) is 24.3 Å². The average molecular weight is 289 g/mol. The van der Waals surface area contributed by atoms with Gasteiger partial charge in [0.25, 0.3) is 0 Å². The van der Waals surface area contributed by atoms with Gasteiger partial charge in [0.05, 0.1) is 0 Å². The summed E-state index contributed by atoms with van der Waals surface area (Å²) in [6.07, 6.45) is 5.81. The second-order valence-corrected chi connectivity index (χ2v) is 5.24. The van der Waals surface area contributed by atoms with Crippen molar-refractivity contribution in [3.63, 3.8) is 0 Å². The zero-order valence-electron chi connectivity index (χ0n) is 11.2. The first-order chi connectivity index (χ1) is 9.22. The van der Waals surface area contributed by atoms with Crippen molar-refractivity contribution in [3.8, 4) is 5.75 Å². The van der Waals surface area contributed by atoms with Gasteiger partial charge in [0.1, 0.15) is 5.75 Å². The molecule has 0 aliphatic heterocycles. The summed E-state index contributed by atoms with van der Waals surface area (Å²) in [6.45, 7) is -1.01. The van der Waals surface area contributed by atoms with Crippen LogP contribution in [0.5, 0.6) is 5.75 Å². The highest BCUT2D eigenvalue weighted by Crippen LogP contribution is 2.14. The number of benzene rings is 1. The van der Waals surface area contributed by atoms with Crippen LogP contribution in [0.3, 0.4) is 0 Å². The standard InChI is InChI=1S/C14H21F2NOS/c1-19-10-4-2-3-9-17-11-12-5-7-13(8-6-12)18-14(15)16/h5-8,14,17H,2-4,9-11H2,1H3. The molecule has 1 aromatic carbocycles. The number of unbranched alkanes of at least 4 members (excludes halogenated alkanes) is 2. The van der Waals surface area contributed by atoms with Crippen molar-refractivity contribution in [2.75, 3.05) is 18.6 Å².